The molecular formula is C18H19FN4O. The van der Waals surface area contributed by atoms with Gasteiger partial charge in [0.2, 0.25) is 0 Å². The van der Waals surface area contributed by atoms with Gasteiger partial charge >= 0.3 is 0 Å². The highest BCUT2D eigenvalue weighted by atomic mass is 19.1. The fourth-order valence-electron chi connectivity index (χ4n) is 2.68. The first-order valence-corrected chi connectivity index (χ1v) is 7.88. The van der Waals surface area contributed by atoms with Crippen LogP contribution in [0, 0.1) is 12.7 Å². The van der Waals surface area contributed by atoms with Crippen molar-refractivity contribution >= 4 is 0 Å². The zero-order valence-electron chi connectivity index (χ0n) is 13.9. The number of rotatable bonds is 4. The summed E-state index contributed by atoms with van der Waals surface area (Å²) in [4.78, 5) is 18.5. The number of nitrogens with zero attached hydrogens (tertiary/aromatic N) is 3. The number of nitrogens with one attached hydrogen (secondary N) is 1. The standard InChI is InChI=1S/C18H19FN4O/c1-4-13-5-6-15(16(19)7-13)11(2)23-10-14(9-20-23)17-8-18(24)22-12(3)21-17/h5-11H,4H2,1-3H3,(H,21,22,24)/t11-/m0/s1. The molecule has 5 nitrogen and oxygen atoms in total. The van der Waals surface area contributed by atoms with Crippen molar-refractivity contribution in [2.75, 3.05) is 0 Å². The molecule has 0 aliphatic carbocycles. The van der Waals surface area contributed by atoms with Gasteiger partial charge < -0.3 is 4.98 Å². The summed E-state index contributed by atoms with van der Waals surface area (Å²) in [6.07, 6.45) is 4.21. The Morgan fingerprint density at radius 1 is 1.33 bits per heavy atom. The molecule has 0 spiro atoms. The molecule has 1 atom stereocenters. The fraction of sp³-hybridized carbons (Fsp3) is 0.278. The van der Waals surface area contributed by atoms with E-state index in [2.05, 4.69) is 15.1 Å². The van der Waals surface area contributed by atoms with E-state index >= 15 is 0 Å². The van der Waals surface area contributed by atoms with Gasteiger partial charge in [-0.05, 0) is 31.9 Å². The van der Waals surface area contributed by atoms with E-state index in [0.717, 1.165) is 17.5 Å². The van der Waals surface area contributed by atoms with Gasteiger partial charge in [0, 0.05) is 23.4 Å². The summed E-state index contributed by atoms with van der Waals surface area (Å²) in [7, 11) is 0. The Kier molecular flexibility index (Phi) is 4.29. The third-order valence-electron chi connectivity index (χ3n) is 4.08. The maximum atomic E-state index is 14.3. The van der Waals surface area contributed by atoms with E-state index in [4.69, 9.17) is 0 Å². The molecule has 3 rings (SSSR count). The van der Waals surface area contributed by atoms with Crippen LogP contribution < -0.4 is 5.56 Å². The fourth-order valence-corrected chi connectivity index (χ4v) is 2.68. The van der Waals surface area contributed by atoms with Crippen LogP contribution in [0.2, 0.25) is 0 Å². The van der Waals surface area contributed by atoms with Crippen LogP contribution in [0.1, 0.15) is 36.8 Å². The largest absolute Gasteiger partial charge is 0.311 e. The van der Waals surface area contributed by atoms with Crippen molar-refractivity contribution in [3.63, 3.8) is 0 Å². The molecule has 1 N–H and O–H groups in total. The molecule has 0 saturated carbocycles. The third-order valence-corrected chi connectivity index (χ3v) is 4.08. The lowest BCUT2D eigenvalue weighted by Crippen LogP contribution is -2.10. The number of aromatic amines is 1. The highest BCUT2D eigenvalue weighted by Gasteiger charge is 2.15. The van der Waals surface area contributed by atoms with Crippen LogP contribution in [0.15, 0.2) is 41.5 Å². The Morgan fingerprint density at radius 2 is 2.12 bits per heavy atom. The van der Waals surface area contributed by atoms with Gasteiger partial charge in [0.05, 0.1) is 17.9 Å². The zero-order valence-corrected chi connectivity index (χ0v) is 13.9. The van der Waals surface area contributed by atoms with Crippen molar-refractivity contribution in [1.29, 1.82) is 0 Å². The van der Waals surface area contributed by atoms with Crippen LogP contribution in [-0.4, -0.2) is 19.7 Å². The van der Waals surface area contributed by atoms with E-state index < -0.39 is 0 Å². The van der Waals surface area contributed by atoms with E-state index in [1.54, 1.807) is 36.1 Å². The van der Waals surface area contributed by atoms with Crippen molar-refractivity contribution in [3.8, 4) is 11.3 Å². The summed E-state index contributed by atoms with van der Waals surface area (Å²) >= 11 is 0. The first-order valence-electron chi connectivity index (χ1n) is 7.88. The van der Waals surface area contributed by atoms with Crippen LogP contribution >= 0.6 is 0 Å². The molecule has 6 heteroatoms. The quantitative estimate of drug-likeness (QED) is 0.800. The van der Waals surface area contributed by atoms with E-state index in [9.17, 15) is 9.18 Å². The summed E-state index contributed by atoms with van der Waals surface area (Å²) in [5.74, 6) is 0.309. The monoisotopic (exact) mass is 326 g/mol. The molecule has 0 radical (unpaired) electrons. The van der Waals surface area contributed by atoms with Gasteiger partial charge in [0.25, 0.3) is 5.56 Å². The number of aromatic nitrogens is 4. The molecule has 124 valence electrons. The van der Waals surface area contributed by atoms with Crippen molar-refractivity contribution in [2.45, 2.75) is 33.2 Å². The number of H-pyrrole nitrogens is 1. The zero-order chi connectivity index (χ0) is 17.3. The van der Waals surface area contributed by atoms with Crippen molar-refractivity contribution < 1.29 is 4.39 Å². The predicted molar refractivity (Wildman–Crippen MR) is 90.4 cm³/mol. The SMILES string of the molecule is CCc1ccc([C@H](C)n2cc(-c3cc(=O)[nH]c(C)n3)cn2)c(F)c1. The molecule has 2 heterocycles. The Hall–Kier alpha value is -2.76. The maximum absolute atomic E-state index is 14.3. The Bertz CT molecular complexity index is 929. The van der Waals surface area contributed by atoms with Crippen molar-refractivity contribution in [1.82, 2.24) is 19.7 Å². The second kappa shape index (κ2) is 6.39. The second-order valence-electron chi connectivity index (χ2n) is 5.81. The lowest BCUT2D eigenvalue weighted by atomic mass is 10.0. The highest BCUT2D eigenvalue weighted by molar-refractivity contribution is 5.56. The minimum Gasteiger partial charge on any atom is -0.311 e. The van der Waals surface area contributed by atoms with Gasteiger partial charge in [-0.25, -0.2) is 9.37 Å². The molecular weight excluding hydrogens is 307 g/mol. The van der Waals surface area contributed by atoms with Gasteiger partial charge in [-0.3, -0.25) is 9.48 Å². The van der Waals surface area contributed by atoms with Crippen LogP contribution in [-0.2, 0) is 6.42 Å². The van der Waals surface area contributed by atoms with Gasteiger partial charge in [0.1, 0.15) is 11.6 Å². The van der Waals surface area contributed by atoms with E-state index in [1.807, 2.05) is 19.9 Å². The Labute approximate surface area is 139 Å². The van der Waals surface area contributed by atoms with Crippen LogP contribution in [0.3, 0.4) is 0 Å². The van der Waals surface area contributed by atoms with Crippen molar-refractivity contribution in [3.05, 3.63) is 69.8 Å². The molecule has 0 aliphatic rings. The van der Waals surface area contributed by atoms with E-state index in [1.165, 1.54) is 6.07 Å². The summed E-state index contributed by atoms with van der Waals surface area (Å²) in [6.45, 7) is 5.61. The average molecular weight is 326 g/mol. The Balaban J connectivity index is 1.94. The molecule has 1 aromatic carbocycles. The summed E-state index contributed by atoms with van der Waals surface area (Å²) in [5.41, 5.74) is 2.61. The number of hydrogen-bond acceptors (Lipinski definition) is 3. The molecule has 3 aromatic rings. The Morgan fingerprint density at radius 3 is 2.79 bits per heavy atom. The molecule has 0 aliphatic heterocycles. The number of hydrogen-bond donors (Lipinski definition) is 1. The molecule has 0 bridgehead atoms. The summed E-state index contributed by atoms with van der Waals surface area (Å²) in [5, 5.41) is 4.31. The molecule has 24 heavy (non-hydrogen) atoms. The van der Waals surface area contributed by atoms with E-state index in [-0.39, 0.29) is 17.4 Å². The molecule has 2 aromatic heterocycles. The third kappa shape index (κ3) is 3.13. The first-order chi connectivity index (χ1) is 11.5. The van der Waals surface area contributed by atoms with Gasteiger partial charge in [-0.15, -0.1) is 0 Å². The lowest BCUT2D eigenvalue weighted by Gasteiger charge is -2.14. The number of benzene rings is 1. The minimum atomic E-state index is -0.257. The maximum Gasteiger partial charge on any atom is 0.251 e. The highest BCUT2D eigenvalue weighted by Crippen LogP contribution is 2.24. The van der Waals surface area contributed by atoms with Crippen LogP contribution in [0.4, 0.5) is 4.39 Å². The number of halogens is 1. The lowest BCUT2D eigenvalue weighted by molar-refractivity contribution is 0.520. The molecule has 0 unspecified atom stereocenters. The number of aryl methyl sites for hydroxylation is 2. The molecule has 0 amide bonds. The van der Waals surface area contributed by atoms with E-state index in [0.29, 0.717) is 17.1 Å². The summed E-state index contributed by atoms with van der Waals surface area (Å²) < 4.78 is 16.0. The second-order valence-corrected chi connectivity index (χ2v) is 5.81. The van der Waals surface area contributed by atoms with Gasteiger partial charge in [0.15, 0.2) is 0 Å². The van der Waals surface area contributed by atoms with Gasteiger partial charge in [-0.1, -0.05) is 19.1 Å². The predicted octanol–water partition coefficient (Wildman–Crippen LogP) is 3.25. The first kappa shape index (κ1) is 16.1. The smallest absolute Gasteiger partial charge is 0.251 e. The van der Waals surface area contributed by atoms with Crippen molar-refractivity contribution in [2.24, 2.45) is 0 Å². The normalized spacial score (nSPS) is 12.3. The topological polar surface area (TPSA) is 63.6 Å². The van der Waals surface area contributed by atoms with Crippen LogP contribution in [0.25, 0.3) is 11.3 Å². The van der Waals surface area contributed by atoms with Crippen LogP contribution in [0.5, 0.6) is 0 Å². The summed E-state index contributed by atoms with van der Waals surface area (Å²) in [6, 6.07) is 6.47. The molecule has 0 saturated heterocycles. The van der Waals surface area contributed by atoms with Gasteiger partial charge in [-0.2, -0.15) is 5.10 Å². The minimum absolute atomic E-state index is 0.209. The molecule has 0 fully saturated rings. The average Bonchev–Trinajstić information content (AvgIpc) is 3.03.